The molecule has 3 nitrogen and oxygen atoms in total. The molecule has 1 aromatic carbocycles. The van der Waals surface area contributed by atoms with Crippen molar-refractivity contribution >= 4 is 15.9 Å². The van der Waals surface area contributed by atoms with E-state index >= 15 is 0 Å². The maximum absolute atomic E-state index is 5.86. The standard InChI is InChI=1S/C18H23BrN2O/c1-3-16-5-4-11-21(16)12-10-17-13(2)22-18(20-17)14-6-8-15(19)9-7-14/h6-9,16H,3-5,10-12H2,1-2H3. The Morgan fingerprint density at radius 3 is 2.82 bits per heavy atom. The normalized spacial score (nSPS) is 19.0. The molecule has 1 atom stereocenters. The van der Waals surface area contributed by atoms with Crippen LogP contribution in [0.2, 0.25) is 0 Å². The molecule has 1 aliphatic rings. The van der Waals surface area contributed by atoms with Crippen LogP contribution in [0.1, 0.15) is 37.6 Å². The number of aryl methyl sites for hydroxylation is 1. The number of halogens is 1. The third-order valence-corrected chi connectivity index (χ3v) is 5.12. The highest BCUT2D eigenvalue weighted by Gasteiger charge is 2.23. The van der Waals surface area contributed by atoms with Gasteiger partial charge in [0.15, 0.2) is 0 Å². The molecule has 0 saturated carbocycles. The van der Waals surface area contributed by atoms with Gasteiger partial charge in [-0.1, -0.05) is 22.9 Å². The Hall–Kier alpha value is -1.13. The molecule has 1 fully saturated rings. The molecule has 0 bridgehead atoms. The van der Waals surface area contributed by atoms with E-state index in [1.54, 1.807) is 0 Å². The van der Waals surface area contributed by atoms with Crippen LogP contribution in [-0.4, -0.2) is 29.0 Å². The predicted molar refractivity (Wildman–Crippen MR) is 93.0 cm³/mol. The summed E-state index contributed by atoms with van der Waals surface area (Å²) in [6.07, 6.45) is 4.91. The molecule has 3 rings (SSSR count). The van der Waals surface area contributed by atoms with E-state index in [0.29, 0.717) is 0 Å². The molecule has 0 radical (unpaired) electrons. The van der Waals surface area contributed by atoms with Crippen LogP contribution in [0.25, 0.3) is 11.5 Å². The number of aromatic nitrogens is 1. The fourth-order valence-corrected chi connectivity index (χ4v) is 3.54. The highest BCUT2D eigenvalue weighted by atomic mass is 79.9. The molecule has 0 N–H and O–H groups in total. The van der Waals surface area contributed by atoms with Crippen molar-refractivity contribution in [2.75, 3.05) is 13.1 Å². The average Bonchev–Trinajstić information content (AvgIpc) is 3.12. The van der Waals surface area contributed by atoms with Crippen molar-refractivity contribution in [1.29, 1.82) is 0 Å². The number of hydrogen-bond acceptors (Lipinski definition) is 3. The van der Waals surface area contributed by atoms with Gasteiger partial charge >= 0.3 is 0 Å². The van der Waals surface area contributed by atoms with E-state index in [1.165, 1.54) is 25.8 Å². The first-order valence-electron chi connectivity index (χ1n) is 8.13. The fourth-order valence-electron chi connectivity index (χ4n) is 3.28. The maximum Gasteiger partial charge on any atom is 0.226 e. The lowest BCUT2D eigenvalue weighted by Gasteiger charge is -2.22. The van der Waals surface area contributed by atoms with Crippen molar-refractivity contribution in [1.82, 2.24) is 9.88 Å². The Bertz CT molecular complexity index is 621. The van der Waals surface area contributed by atoms with Crippen molar-refractivity contribution in [3.05, 3.63) is 40.2 Å². The number of benzene rings is 1. The highest BCUT2D eigenvalue weighted by Crippen LogP contribution is 2.25. The van der Waals surface area contributed by atoms with Gasteiger partial charge in [0.2, 0.25) is 5.89 Å². The maximum atomic E-state index is 5.86. The van der Waals surface area contributed by atoms with Crippen molar-refractivity contribution in [3.63, 3.8) is 0 Å². The second kappa shape index (κ2) is 6.97. The third-order valence-electron chi connectivity index (χ3n) is 4.59. The topological polar surface area (TPSA) is 29.3 Å². The molecule has 22 heavy (non-hydrogen) atoms. The molecule has 1 aromatic heterocycles. The zero-order valence-electron chi connectivity index (χ0n) is 13.3. The minimum absolute atomic E-state index is 0.730. The van der Waals surface area contributed by atoms with Gasteiger partial charge in [-0.2, -0.15) is 0 Å². The minimum Gasteiger partial charge on any atom is -0.441 e. The van der Waals surface area contributed by atoms with Gasteiger partial charge < -0.3 is 9.32 Å². The van der Waals surface area contributed by atoms with Crippen LogP contribution in [0.15, 0.2) is 33.2 Å². The molecule has 118 valence electrons. The zero-order chi connectivity index (χ0) is 15.5. The van der Waals surface area contributed by atoms with Gasteiger partial charge in [0.1, 0.15) is 5.76 Å². The van der Waals surface area contributed by atoms with Gasteiger partial charge in [0.25, 0.3) is 0 Å². The monoisotopic (exact) mass is 362 g/mol. The van der Waals surface area contributed by atoms with Gasteiger partial charge in [-0.15, -0.1) is 0 Å². The Balaban J connectivity index is 1.68. The highest BCUT2D eigenvalue weighted by molar-refractivity contribution is 9.10. The third kappa shape index (κ3) is 3.44. The van der Waals surface area contributed by atoms with E-state index in [0.717, 1.165) is 46.4 Å². The Labute approximate surface area is 140 Å². The summed E-state index contributed by atoms with van der Waals surface area (Å²) in [5.41, 5.74) is 2.13. The van der Waals surface area contributed by atoms with Gasteiger partial charge in [0.05, 0.1) is 5.69 Å². The fraction of sp³-hybridized carbons (Fsp3) is 0.500. The van der Waals surface area contributed by atoms with Crippen LogP contribution >= 0.6 is 15.9 Å². The summed E-state index contributed by atoms with van der Waals surface area (Å²) in [6.45, 7) is 6.63. The largest absolute Gasteiger partial charge is 0.441 e. The molecule has 0 aliphatic carbocycles. The first-order valence-corrected chi connectivity index (χ1v) is 8.93. The Kier molecular flexibility index (Phi) is 4.99. The molecule has 1 saturated heterocycles. The number of oxazole rings is 1. The number of nitrogens with zero attached hydrogens (tertiary/aromatic N) is 2. The van der Waals surface area contributed by atoms with E-state index in [4.69, 9.17) is 9.40 Å². The van der Waals surface area contributed by atoms with Crippen molar-refractivity contribution in [2.24, 2.45) is 0 Å². The summed E-state index contributed by atoms with van der Waals surface area (Å²) < 4.78 is 6.93. The molecule has 0 spiro atoms. The van der Waals surface area contributed by atoms with Gasteiger partial charge in [-0.05, 0) is 57.0 Å². The van der Waals surface area contributed by atoms with Crippen LogP contribution in [0.4, 0.5) is 0 Å². The summed E-state index contributed by atoms with van der Waals surface area (Å²) in [5, 5.41) is 0. The molecular formula is C18H23BrN2O. The van der Waals surface area contributed by atoms with Gasteiger partial charge in [-0.25, -0.2) is 4.98 Å². The summed E-state index contributed by atoms with van der Waals surface area (Å²) in [5.74, 6) is 1.68. The first kappa shape index (κ1) is 15.8. The quantitative estimate of drug-likeness (QED) is 0.762. The Morgan fingerprint density at radius 1 is 1.32 bits per heavy atom. The summed E-state index contributed by atoms with van der Waals surface area (Å²) in [7, 11) is 0. The lowest BCUT2D eigenvalue weighted by molar-refractivity contribution is 0.250. The summed E-state index contributed by atoms with van der Waals surface area (Å²) >= 11 is 3.46. The molecule has 2 aromatic rings. The van der Waals surface area contributed by atoms with Gasteiger partial charge in [-0.3, -0.25) is 0 Å². The smallest absolute Gasteiger partial charge is 0.226 e. The average molecular weight is 363 g/mol. The van der Waals surface area contributed by atoms with E-state index in [1.807, 2.05) is 31.2 Å². The summed E-state index contributed by atoms with van der Waals surface area (Å²) in [6, 6.07) is 8.87. The summed E-state index contributed by atoms with van der Waals surface area (Å²) in [4.78, 5) is 7.32. The van der Waals surface area contributed by atoms with Crippen molar-refractivity contribution in [3.8, 4) is 11.5 Å². The molecule has 1 unspecified atom stereocenters. The zero-order valence-corrected chi connectivity index (χ0v) is 14.9. The first-order chi connectivity index (χ1) is 10.7. The lowest BCUT2D eigenvalue weighted by Crippen LogP contribution is -2.30. The van der Waals surface area contributed by atoms with E-state index in [-0.39, 0.29) is 0 Å². The number of rotatable bonds is 5. The van der Waals surface area contributed by atoms with E-state index in [9.17, 15) is 0 Å². The van der Waals surface area contributed by atoms with Crippen molar-refractivity contribution in [2.45, 2.75) is 45.6 Å². The SMILES string of the molecule is CCC1CCCN1CCc1nc(-c2ccc(Br)cc2)oc1C. The van der Waals surface area contributed by atoms with Crippen LogP contribution in [-0.2, 0) is 6.42 Å². The van der Waals surface area contributed by atoms with Crippen LogP contribution in [0, 0.1) is 6.92 Å². The minimum atomic E-state index is 0.730. The van der Waals surface area contributed by atoms with Gasteiger partial charge in [0, 0.05) is 29.0 Å². The second-order valence-corrected chi connectivity index (χ2v) is 6.93. The van der Waals surface area contributed by atoms with Crippen LogP contribution < -0.4 is 0 Å². The number of hydrogen-bond donors (Lipinski definition) is 0. The molecule has 1 aliphatic heterocycles. The predicted octanol–water partition coefficient (Wildman–Crippen LogP) is 4.83. The lowest BCUT2D eigenvalue weighted by atomic mass is 10.1. The second-order valence-electron chi connectivity index (χ2n) is 6.02. The molecule has 0 amide bonds. The van der Waals surface area contributed by atoms with Crippen LogP contribution in [0.3, 0.4) is 0 Å². The molecule has 2 heterocycles. The number of likely N-dealkylation sites (tertiary alicyclic amines) is 1. The molecule has 4 heteroatoms. The van der Waals surface area contributed by atoms with Crippen molar-refractivity contribution < 1.29 is 4.42 Å². The Morgan fingerprint density at radius 2 is 2.09 bits per heavy atom. The van der Waals surface area contributed by atoms with E-state index < -0.39 is 0 Å². The van der Waals surface area contributed by atoms with E-state index in [2.05, 4.69) is 27.8 Å². The van der Waals surface area contributed by atoms with Crippen LogP contribution in [0.5, 0.6) is 0 Å². The molecular weight excluding hydrogens is 340 g/mol.